The van der Waals surface area contributed by atoms with Crippen molar-refractivity contribution in [2.24, 2.45) is 0 Å². The number of hydrogen-bond acceptors (Lipinski definition) is 5. The van der Waals surface area contributed by atoms with Gasteiger partial charge in [-0.3, -0.25) is 9.69 Å². The standard InChI is InChI=1S/C16H13NO3S2/c1-19-12-4-2-3-9-7-11(20-14(9)12)8-13-15(18)17(10-5-6-10)16(21)22-13/h2-4,7-8,10H,5-6H2,1H3. The number of carbonyl (C=O) groups is 1. The maximum absolute atomic E-state index is 12.4. The molecule has 2 fully saturated rings. The Bertz CT molecular complexity index is 820. The molecule has 0 N–H and O–H groups in total. The molecule has 1 saturated carbocycles. The monoisotopic (exact) mass is 331 g/mol. The van der Waals surface area contributed by atoms with Gasteiger partial charge in [0.05, 0.1) is 12.0 Å². The van der Waals surface area contributed by atoms with Crippen LogP contribution in [0.25, 0.3) is 17.0 Å². The summed E-state index contributed by atoms with van der Waals surface area (Å²) in [6.45, 7) is 0. The fourth-order valence-electron chi connectivity index (χ4n) is 2.54. The van der Waals surface area contributed by atoms with Gasteiger partial charge in [-0.25, -0.2) is 0 Å². The van der Waals surface area contributed by atoms with Crippen molar-refractivity contribution in [3.05, 3.63) is 34.9 Å². The average molecular weight is 331 g/mol. The van der Waals surface area contributed by atoms with Gasteiger partial charge >= 0.3 is 0 Å². The number of para-hydroxylation sites is 1. The van der Waals surface area contributed by atoms with Crippen LogP contribution in [-0.2, 0) is 4.79 Å². The molecule has 2 heterocycles. The molecular weight excluding hydrogens is 318 g/mol. The highest BCUT2D eigenvalue weighted by molar-refractivity contribution is 8.26. The summed E-state index contributed by atoms with van der Waals surface area (Å²) in [6, 6.07) is 7.92. The van der Waals surface area contributed by atoms with Crippen molar-refractivity contribution in [2.75, 3.05) is 7.11 Å². The fraction of sp³-hybridized carbons (Fsp3) is 0.250. The van der Waals surface area contributed by atoms with E-state index in [0.29, 0.717) is 32.4 Å². The van der Waals surface area contributed by atoms with E-state index in [1.165, 1.54) is 11.8 Å². The average Bonchev–Trinajstić information content (AvgIpc) is 3.18. The van der Waals surface area contributed by atoms with E-state index < -0.39 is 0 Å². The van der Waals surface area contributed by atoms with Gasteiger partial charge < -0.3 is 9.15 Å². The lowest BCUT2D eigenvalue weighted by Gasteiger charge is -2.11. The highest BCUT2D eigenvalue weighted by atomic mass is 32.2. The summed E-state index contributed by atoms with van der Waals surface area (Å²) in [7, 11) is 1.61. The summed E-state index contributed by atoms with van der Waals surface area (Å²) in [6.07, 6.45) is 3.85. The molecule has 0 atom stereocenters. The predicted molar refractivity (Wildman–Crippen MR) is 90.8 cm³/mol. The second-order valence-electron chi connectivity index (χ2n) is 5.31. The number of ether oxygens (including phenoxy) is 1. The van der Waals surface area contributed by atoms with Gasteiger partial charge in [0.15, 0.2) is 11.3 Å². The van der Waals surface area contributed by atoms with E-state index in [1.807, 2.05) is 24.3 Å². The predicted octanol–water partition coefficient (Wildman–Crippen LogP) is 3.81. The highest BCUT2D eigenvalue weighted by Crippen LogP contribution is 2.40. The molecule has 1 amide bonds. The summed E-state index contributed by atoms with van der Waals surface area (Å²) in [5.74, 6) is 1.31. The van der Waals surface area contributed by atoms with Crippen molar-refractivity contribution in [2.45, 2.75) is 18.9 Å². The summed E-state index contributed by atoms with van der Waals surface area (Å²) >= 11 is 6.65. The molecule has 4 rings (SSSR count). The lowest BCUT2D eigenvalue weighted by atomic mass is 10.2. The van der Waals surface area contributed by atoms with E-state index in [1.54, 1.807) is 18.1 Å². The van der Waals surface area contributed by atoms with Gasteiger partial charge in [0.25, 0.3) is 5.91 Å². The van der Waals surface area contributed by atoms with Gasteiger partial charge in [0.2, 0.25) is 0 Å². The molecule has 0 unspecified atom stereocenters. The van der Waals surface area contributed by atoms with Gasteiger partial charge in [-0.05, 0) is 25.0 Å². The Balaban J connectivity index is 1.71. The maximum atomic E-state index is 12.4. The molecule has 1 aromatic heterocycles. The Morgan fingerprint density at radius 2 is 2.27 bits per heavy atom. The zero-order valence-electron chi connectivity index (χ0n) is 11.9. The van der Waals surface area contributed by atoms with Crippen LogP contribution in [-0.4, -0.2) is 28.3 Å². The molecule has 2 aliphatic rings. The number of thiocarbonyl (C=S) groups is 1. The van der Waals surface area contributed by atoms with Crippen molar-refractivity contribution in [1.29, 1.82) is 0 Å². The molecule has 1 saturated heterocycles. The van der Waals surface area contributed by atoms with Crippen LogP contribution in [0.3, 0.4) is 0 Å². The number of thioether (sulfide) groups is 1. The minimum absolute atomic E-state index is 0.00933. The summed E-state index contributed by atoms with van der Waals surface area (Å²) in [4.78, 5) is 14.8. The van der Waals surface area contributed by atoms with Gasteiger partial charge in [0, 0.05) is 17.5 Å². The lowest BCUT2D eigenvalue weighted by Crippen LogP contribution is -2.29. The third kappa shape index (κ3) is 2.23. The van der Waals surface area contributed by atoms with Crippen LogP contribution in [0.5, 0.6) is 5.75 Å². The van der Waals surface area contributed by atoms with Gasteiger partial charge in [-0.15, -0.1) is 0 Å². The third-order valence-electron chi connectivity index (χ3n) is 3.76. The number of rotatable bonds is 3. The molecule has 1 aliphatic carbocycles. The molecular formula is C16H13NO3S2. The Hall–Kier alpha value is -1.79. The zero-order valence-corrected chi connectivity index (χ0v) is 13.5. The number of carbonyl (C=O) groups excluding carboxylic acids is 1. The SMILES string of the molecule is COc1cccc2cc(C=C3SC(=S)N(C4CC4)C3=O)oc12. The number of benzene rings is 1. The smallest absolute Gasteiger partial charge is 0.266 e. The second-order valence-corrected chi connectivity index (χ2v) is 6.99. The largest absolute Gasteiger partial charge is 0.493 e. The normalized spacial score (nSPS) is 20.4. The maximum Gasteiger partial charge on any atom is 0.266 e. The summed E-state index contributed by atoms with van der Waals surface area (Å²) < 4.78 is 11.8. The molecule has 0 spiro atoms. The summed E-state index contributed by atoms with van der Waals surface area (Å²) in [5.41, 5.74) is 0.689. The topological polar surface area (TPSA) is 42.7 Å². The number of fused-ring (bicyclic) bond motifs is 1. The number of furan rings is 1. The lowest BCUT2D eigenvalue weighted by molar-refractivity contribution is -0.122. The van der Waals surface area contributed by atoms with Crippen molar-refractivity contribution in [3.63, 3.8) is 0 Å². The summed E-state index contributed by atoms with van der Waals surface area (Å²) in [5, 5.41) is 0.947. The first-order valence-corrected chi connectivity index (χ1v) is 8.23. The van der Waals surface area contributed by atoms with E-state index in [0.717, 1.165) is 18.2 Å². The minimum atomic E-state index is -0.00933. The number of nitrogens with zero attached hydrogens (tertiary/aromatic N) is 1. The molecule has 112 valence electrons. The molecule has 0 bridgehead atoms. The minimum Gasteiger partial charge on any atom is -0.493 e. The van der Waals surface area contributed by atoms with Gasteiger partial charge in [-0.2, -0.15) is 0 Å². The van der Waals surface area contributed by atoms with Crippen LogP contribution in [0, 0.1) is 0 Å². The van der Waals surface area contributed by atoms with Crippen molar-refractivity contribution in [3.8, 4) is 5.75 Å². The Labute approximate surface area is 137 Å². The Kier molecular flexibility index (Phi) is 3.23. The molecule has 1 aromatic carbocycles. The molecule has 22 heavy (non-hydrogen) atoms. The number of methoxy groups -OCH3 is 1. The highest BCUT2D eigenvalue weighted by Gasteiger charge is 2.42. The van der Waals surface area contributed by atoms with Crippen LogP contribution in [0.4, 0.5) is 0 Å². The van der Waals surface area contributed by atoms with Gasteiger partial charge in [-0.1, -0.05) is 36.1 Å². The molecule has 0 radical (unpaired) electrons. The van der Waals surface area contributed by atoms with Crippen LogP contribution >= 0.6 is 24.0 Å². The van der Waals surface area contributed by atoms with E-state index in [4.69, 9.17) is 21.4 Å². The third-order valence-corrected chi connectivity index (χ3v) is 5.09. The second kappa shape index (κ2) is 5.14. The zero-order chi connectivity index (χ0) is 15.3. The number of amides is 1. The quantitative estimate of drug-likeness (QED) is 0.632. The fourth-order valence-corrected chi connectivity index (χ4v) is 3.93. The molecule has 4 nitrogen and oxygen atoms in total. The van der Waals surface area contributed by atoms with Crippen LogP contribution in [0.15, 0.2) is 33.6 Å². The molecule has 6 heteroatoms. The van der Waals surface area contributed by atoms with Crippen molar-refractivity contribution < 1.29 is 13.9 Å². The van der Waals surface area contributed by atoms with E-state index in [-0.39, 0.29) is 5.91 Å². The van der Waals surface area contributed by atoms with E-state index in [9.17, 15) is 4.79 Å². The molecule has 1 aliphatic heterocycles. The molecule has 2 aromatic rings. The van der Waals surface area contributed by atoms with Gasteiger partial charge in [0.1, 0.15) is 10.1 Å². The van der Waals surface area contributed by atoms with E-state index in [2.05, 4.69) is 0 Å². The number of hydrogen-bond donors (Lipinski definition) is 0. The van der Waals surface area contributed by atoms with E-state index >= 15 is 0 Å². The first-order valence-electron chi connectivity index (χ1n) is 7.01. The first-order chi connectivity index (χ1) is 10.7. The van der Waals surface area contributed by atoms with Crippen LogP contribution in [0.1, 0.15) is 18.6 Å². The van der Waals surface area contributed by atoms with Crippen LogP contribution in [0.2, 0.25) is 0 Å². The van der Waals surface area contributed by atoms with Crippen molar-refractivity contribution in [1.82, 2.24) is 4.90 Å². The Morgan fingerprint density at radius 1 is 1.45 bits per heavy atom. The Morgan fingerprint density at radius 3 is 3.00 bits per heavy atom. The van der Waals surface area contributed by atoms with Crippen molar-refractivity contribution >= 4 is 51.3 Å². The van der Waals surface area contributed by atoms with Crippen LogP contribution < -0.4 is 4.74 Å². The first kappa shape index (κ1) is 13.8.